The normalized spacial score (nSPS) is 11.0. The van der Waals surface area contributed by atoms with Crippen LogP contribution in [0.1, 0.15) is 16.7 Å². The maximum atomic E-state index is 3.61. The van der Waals surface area contributed by atoms with Crippen molar-refractivity contribution < 1.29 is 0 Å². The van der Waals surface area contributed by atoms with Crippen LogP contribution in [-0.4, -0.2) is 4.98 Å². The zero-order chi connectivity index (χ0) is 18.1. The molecule has 0 saturated carbocycles. The quantitative estimate of drug-likeness (QED) is 0.342. The summed E-state index contributed by atoms with van der Waals surface area (Å²) in [5.74, 6) is 0. The molecule has 1 aromatic heterocycles. The Balaban J connectivity index is 1.77. The minimum atomic E-state index is 1.18. The molecule has 0 saturated heterocycles. The van der Waals surface area contributed by atoms with Gasteiger partial charge >= 0.3 is 0 Å². The molecule has 0 aliphatic heterocycles. The molecule has 5 aromatic rings. The lowest BCUT2D eigenvalue weighted by Crippen LogP contribution is -1.88. The molecule has 0 fully saturated rings. The van der Waals surface area contributed by atoms with Crippen LogP contribution < -0.4 is 0 Å². The molecule has 5 rings (SSSR count). The maximum Gasteiger partial charge on any atom is 0.0538 e. The maximum absolute atomic E-state index is 3.61. The molecule has 0 amide bonds. The van der Waals surface area contributed by atoms with Gasteiger partial charge in [-0.2, -0.15) is 0 Å². The highest BCUT2D eigenvalue weighted by molar-refractivity contribution is 6.10. The lowest BCUT2D eigenvalue weighted by molar-refractivity contribution is 1.52. The second-order valence-corrected chi connectivity index (χ2v) is 6.73. The van der Waals surface area contributed by atoms with Crippen LogP contribution in [0.15, 0.2) is 103 Å². The van der Waals surface area contributed by atoms with Crippen molar-refractivity contribution in [3.8, 4) is 0 Å². The first-order valence-corrected chi connectivity index (χ1v) is 9.22. The summed E-state index contributed by atoms with van der Waals surface area (Å²) in [6, 6.07) is 36.2. The molecule has 0 spiro atoms. The average Bonchev–Trinajstić information content (AvgIpc) is 3.13. The fourth-order valence-electron chi connectivity index (χ4n) is 3.74. The smallest absolute Gasteiger partial charge is 0.0538 e. The second kappa shape index (κ2) is 6.62. The van der Waals surface area contributed by atoms with Gasteiger partial charge in [-0.3, -0.25) is 0 Å². The van der Waals surface area contributed by atoms with Gasteiger partial charge in [-0.1, -0.05) is 97.1 Å². The molecule has 0 unspecified atom stereocenters. The Labute approximate surface area is 158 Å². The van der Waals surface area contributed by atoms with E-state index in [1.165, 1.54) is 44.1 Å². The fourth-order valence-corrected chi connectivity index (χ4v) is 3.74. The van der Waals surface area contributed by atoms with Crippen LogP contribution in [0, 0.1) is 0 Å². The first kappa shape index (κ1) is 15.7. The average molecular weight is 345 g/mol. The summed E-state index contributed by atoms with van der Waals surface area (Å²) in [4.78, 5) is 3.61. The molecule has 0 aliphatic rings. The fraction of sp³-hybridized carbons (Fsp3) is 0. The van der Waals surface area contributed by atoms with E-state index in [-0.39, 0.29) is 0 Å². The van der Waals surface area contributed by atoms with Crippen molar-refractivity contribution in [3.63, 3.8) is 0 Å². The number of nitrogens with one attached hydrogen (secondary N) is 1. The Morgan fingerprint density at radius 3 is 1.85 bits per heavy atom. The number of rotatable bonds is 3. The first-order chi connectivity index (χ1) is 13.4. The van der Waals surface area contributed by atoms with E-state index in [4.69, 9.17) is 0 Å². The highest BCUT2D eigenvalue weighted by Gasteiger charge is 2.09. The van der Waals surface area contributed by atoms with E-state index in [1.54, 1.807) is 0 Å². The van der Waals surface area contributed by atoms with Gasteiger partial charge < -0.3 is 4.98 Å². The van der Waals surface area contributed by atoms with E-state index in [9.17, 15) is 0 Å². The number of para-hydroxylation sites is 2. The van der Waals surface area contributed by atoms with E-state index in [0.717, 1.165) is 0 Å². The third kappa shape index (κ3) is 2.84. The topological polar surface area (TPSA) is 15.8 Å². The molecule has 0 atom stereocenters. The molecule has 1 nitrogen and oxygen atoms in total. The van der Waals surface area contributed by atoms with E-state index in [2.05, 4.69) is 114 Å². The Morgan fingerprint density at radius 2 is 1.15 bits per heavy atom. The van der Waals surface area contributed by atoms with E-state index < -0.39 is 0 Å². The van der Waals surface area contributed by atoms with Gasteiger partial charge in [0.2, 0.25) is 0 Å². The van der Waals surface area contributed by atoms with E-state index >= 15 is 0 Å². The Kier molecular flexibility index (Phi) is 3.84. The minimum Gasteiger partial charge on any atom is -0.354 e. The Morgan fingerprint density at radius 1 is 0.556 bits per heavy atom. The summed E-state index contributed by atoms with van der Waals surface area (Å²) in [5.41, 5.74) is 7.22. The van der Waals surface area contributed by atoms with Gasteiger partial charge in [0.15, 0.2) is 0 Å². The van der Waals surface area contributed by atoms with Crippen LogP contribution in [0.25, 0.3) is 33.5 Å². The molecule has 1 heteroatoms. The zero-order valence-corrected chi connectivity index (χ0v) is 14.9. The number of H-pyrrole nitrogens is 1. The van der Waals surface area contributed by atoms with Crippen molar-refractivity contribution in [2.75, 3.05) is 0 Å². The molecule has 0 aliphatic carbocycles. The SMILES string of the molecule is C(=C(c1ccccc1)c1ccccc1)c1cccc2c1[nH]c1ccccc12. The predicted molar refractivity (Wildman–Crippen MR) is 116 cm³/mol. The zero-order valence-electron chi connectivity index (χ0n) is 14.9. The van der Waals surface area contributed by atoms with Crippen molar-refractivity contribution in [1.82, 2.24) is 4.98 Å². The highest BCUT2D eigenvalue weighted by atomic mass is 14.7. The summed E-state index contributed by atoms with van der Waals surface area (Å²) in [5, 5.41) is 2.53. The van der Waals surface area contributed by atoms with Crippen LogP contribution in [0.2, 0.25) is 0 Å². The molecular weight excluding hydrogens is 326 g/mol. The van der Waals surface area contributed by atoms with Gasteiger partial charge in [0.1, 0.15) is 0 Å². The highest BCUT2D eigenvalue weighted by Crippen LogP contribution is 2.31. The lowest BCUT2D eigenvalue weighted by Gasteiger charge is -2.09. The van der Waals surface area contributed by atoms with Crippen molar-refractivity contribution in [3.05, 3.63) is 120 Å². The lowest BCUT2D eigenvalue weighted by atomic mass is 9.95. The van der Waals surface area contributed by atoms with Gasteiger partial charge in [0.25, 0.3) is 0 Å². The summed E-state index contributed by atoms with van der Waals surface area (Å²) in [7, 11) is 0. The molecule has 0 radical (unpaired) electrons. The molecule has 1 heterocycles. The molecule has 1 N–H and O–H groups in total. The molecule has 27 heavy (non-hydrogen) atoms. The number of hydrogen-bond acceptors (Lipinski definition) is 0. The van der Waals surface area contributed by atoms with E-state index in [1.807, 2.05) is 0 Å². The van der Waals surface area contributed by atoms with Crippen LogP contribution in [0.5, 0.6) is 0 Å². The van der Waals surface area contributed by atoms with Crippen molar-refractivity contribution in [1.29, 1.82) is 0 Å². The predicted octanol–water partition coefficient (Wildman–Crippen LogP) is 6.91. The summed E-state index contributed by atoms with van der Waals surface area (Å²) < 4.78 is 0. The summed E-state index contributed by atoms with van der Waals surface area (Å²) in [6.45, 7) is 0. The number of fused-ring (bicyclic) bond motifs is 3. The first-order valence-electron chi connectivity index (χ1n) is 9.22. The van der Waals surface area contributed by atoms with Crippen LogP contribution >= 0.6 is 0 Å². The summed E-state index contributed by atoms with van der Waals surface area (Å²) in [6.07, 6.45) is 2.29. The molecular formula is C26H19N. The third-order valence-electron chi connectivity index (χ3n) is 5.04. The van der Waals surface area contributed by atoms with Crippen molar-refractivity contribution >= 4 is 33.5 Å². The standard InChI is InChI=1S/C26H19N/c1-3-10-19(11-4-1)24(20-12-5-2-6-13-20)18-21-14-9-16-23-22-15-7-8-17-25(22)27-26(21)23/h1-18,27H. The number of aromatic nitrogens is 1. The molecule has 128 valence electrons. The van der Waals surface area contributed by atoms with Gasteiger partial charge in [-0.15, -0.1) is 0 Å². The number of aromatic amines is 1. The van der Waals surface area contributed by atoms with Crippen LogP contribution in [0.3, 0.4) is 0 Å². The second-order valence-electron chi connectivity index (χ2n) is 6.73. The van der Waals surface area contributed by atoms with Gasteiger partial charge in [0, 0.05) is 16.3 Å². The van der Waals surface area contributed by atoms with Gasteiger partial charge in [0.05, 0.1) is 5.52 Å². The van der Waals surface area contributed by atoms with Gasteiger partial charge in [-0.05, 0) is 34.4 Å². The van der Waals surface area contributed by atoms with Crippen LogP contribution in [-0.2, 0) is 0 Å². The summed E-state index contributed by atoms with van der Waals surface area (Å²) >= 11 is 0. The number of hydrogen-bond donors (Lipinski definition) is 1. The largest absolute Gasteiger partial charge is 0.354 e. The van der Waals surface area contributed by atoms with E-state index in [0.29, 0.717) is 0 Å². The number of benzene rings is 4. The third-order valence-corrected chi connectivity index (χ3v) is 5.04. The monoisotopic (exact) mass is 345 g/mol. The Bertz CT molecular complexity index is 1200. The van der Waals surface area contributed by atoms with Crippen LogP contribution in [0.4, 0.5) is 0 Å². The Hall–Kier alpha value is -3.58. The minimum absolute atomic E-state index is 1.18. The van der Waals surface area contributed by atoms with Crippen molar-refractivity contribution in [2.45, 2.75) is 0 Å². The van der Waals surface area contributed by atoms with Gasteiger partial charge in [-0.25, -0.2) is 0 Å². The molecule has 0 bridgehead atoms. The molecule has 4 aromatic carbocycles. The van der Waals surface area contributed by atoms with Crippen molar-refractivity contribution in [2.24, 2.45) is 0 Å².